The predicted octanol–water partition coefficient (Wildman–Crippen LogP) is 4.82. The number of benzene rings is 2. The Morgan fingerprint density at radius 3 is 2.61 bits per heavy atom. The van der Waals surface area contributed by atoms with Crippen molar-refractivity contribution in [1.29, 1.82) is 0 Å². The fourth-order valence-corrected chi connectivity index (χ4v) is 4.42. The van der Waals surface area contributed by atoms with Crippen molar-refractivity contribution in [3.05, 3.63) is 57.9 Å². The molecule has 2 aliphatic rings. The van der Waals surface area contributed by atoms with E-state index in [-0.39, 0.29) is 22.6 Å². The maximum Gasteiger partial charge on any atom is 0.450 e. The van der Waals surface area contributed by atoms with E-state index < -0.39 is 22.9 Å². The monoisotopic (exact) mass is 461 g/mol. The molecule has 2 aliphatic heterocycles. The molecule has 0 amide bonds. The van der Waals surface area contributed by atoms with Gasteiger partial charge < -0.3 is 18.6 Å². The van der Waals surface area contributed by atoms with Crippen LogP contribution in [0.1, 0.15) is 24.2 Å². The Morgan fingerprint density at radius 1 is 1.15 bits per heavy atom. The molecule has 0 aliphatic carbocycles. The van der Waals surface area contributed by atoms with Gasteiger partial charge in [0.1, 0.15) is 23.8 Å². The lowest BCUT2D eigenvalue weighted by atomic mass is 9.99. The normalized spacial score (nSPS) is 18.8. The van der Waals surface area contributed by atoms with E-state index in [1.807, 2.05) is 4.90 Å². The third-order valence-corrected chi connectivity index (χ3v) is 6.03. The van der Waals surface area contributed by atoms with E-state index in [4.69, 9.17) is 18.6 Å². The molecule has 3 aromatic rings. The van der Waals surface area contributed by atoms with Crippen molar-refractivity contribution >= 4 is 11.0 Å². The maximum atomic E-state index is 14.1. The van der Waals surface area contributed by atoms with Gasteiger partial charge in [0.25, 0.3) is 0 Å². The van der Waals surface area contributed by atoms with Gasteiger partial charge in [-0.15, -0.1) is 0 Å². The van der Waals surface area contributed by atoms with Crippen LogP contribution in [0.15, 0.2) is 45.6 Å². The Morgan fingerprint density at radius 2 is 1.94 bits per heavy atom. The minimum atomic E-state index is -4.86. The van der Waals surface area contributed by atoms with Crippen LogP contribution in [0.25, 0.3) is 22.1 Å². The maximum absolute atomic E-state index is 14.1. The van der Waals surface area contributed by atoms with Crippen molar-refractivity contribution in [2.75, 3.05) is 27.0 Å². The summed E-state index contributed by atoms with van der Waals surface area (Å²) < 4.78 is 64.1. The number of rotatable bonds is 4. The summed E-state index contributed by atoms with van der Waals surface area (Å²) in [5, 5.41) is 0.0788. The third kappa shape index (κ3) is 4.06. The predicted molar refractivity (Wildman–Crippen MR) is 114 cm³/mol. The summed E-state index contributed by atoms with van der Waals surface area (Å²) in [5.41, 5.74) is -0.828. The van der Waals surface area contributed by atoms with Crippen molar-refractivity contribution in [2.45, 2.75) is 31.7 Å². The fourth-order valence-electron chi connectivity index (χ4n) is 4.42. The number of methoxy groups -OCH3 is 1. The summed E-state index contributed by atoms with van der Waals surface area (Å²) in [5.74, 6) is -0.440. The second-order valence-corrected chi connectivity index (χ2v) is 8.20. The first kappa shape index (κ1) is 21.8. The van der Waals surface area contributed by atoms with Gasteiger partial charge in [0.2, 0.25) is 11.2 Å². The molecule has 1 unspecified atom stereocenters. The van der Waals surface area contributed by atoms with Crippen molar-refractivity contribution in [3.8, 4) is 22.6 Å². The molecule has 0 saturated carbocycles. The van der Waals surface area contributed by atoms with E-state index in [1.54, 1.807) is 6.07 Å². The summed E-state index contributed by atoms with van der Waals surface area (Å²) in [7, 11) is 1.45. The van der Waals surface area contributed by atoms with E-state index in [0.29, 0.717) is 43.5 Å². The van der Waals surface area contributed by atoms with Crippen molar-refractivity contribution in [3.63, 3.8) is 0 Å². The lowest BCUT2D eigenvalue weighted by molar-refractivity contribution is -0.152. The van der Waals surface area contributed by atoms with E-state index >= 15 is 0 Å². The number of alkyl halides is 3. The molecular formula is C24H22F3NO5. The van der Waals surface area contributed by atoms with Gasteiger partial charge in [0.05, 0.1) is 29.7 Å². The molecule has 0 N–H and O–H groups in total. The number of hydrogen-bond donors (Lipinski definition) is 0. The summed E-state index contributed by atoms with van der Waals surface area (Å²) in [4.78, 5) is 15.3. The van der Waals surface area contributed by atoms with Gasteiger partial charge in [0, 0.05) is 19.7 Å². The molecule has 1 aromatic heterocycles. The highest BCUT2D eigenvalue weighted by Gasteiger charge is 2.40. The van der Waals surface area contributed by atoms with Crippen LogP contribution in [0.5, 0.6) is 11.5 Å². The molecule has 6 nitrogen and oxygen atoms in total. The van der Waals surface area contributed by atoms with Crippen LogP contribution in [0.2, 0.25) is 0 Å². The van der Waals surface area contributed by atoms with Crippen LogP contribution < -0.4 is 14.9 Å². The van der Waals surface area contributed by atoms with Crippen molar-refractivity contribution < 1.29 is 31.8 Å². The van der Waals surface area contributed by atoms with Gasteiger partial charge in [-0.05, 0) is 42.7 Å². The van der Waals surface area contributed by atoms with Crippen molar-refractivity contribution in [2.24, 2.45) is 0 Å². The molecule has 0 bridgehead atoms. The Balaban J connectivity index is 1.63. The van der Waals surface area contributed by atoms with Crippen LogP contribution >= 0.6 is 0 Å². The number of hydrogen-bond acceptors (Lipinski definition) is 6. The topological polar surface area (TPSA) is 61.1 Å². The first-order chi connectivity index (χ1) is 15.8. The van der Waals surface area contributed by atoms with Gasteiger partial charge in [-0.3, -0.25) is 9.69 Å². The van der Waals surface area contributed by atoms with Crippen LogP contribution in [0.4, 0.5) is 13.2 Å². The van der Waals surface area contributed by atoms with E-state index in [2.05, 4.69) is 0 Å². The molecule has 1 atom stereocenters. The largest absolute Gasteiger partial charge is 0.497 e. The highest BCUT2D eigenvalue weighted by Crippen LogP contribution is 2.40. The van der Waals surface area contributed by atoms with Crippen LogP contribution in [0.3, 0.4) is 0 Å². The van der Waals surface area contributed by atoms with Gasteiger partial charge in [-0.2, -0.15) is 13.2 Å². The lowest BCUT2D eigenvalue weighted by Gasteiger charge is -2.31. The van der Waals surface area contributed by atoms with Crippen LogP contribution in [0, 0.1) is 0 Å². The number of fused-ring (bicyclic) bond motifs is 3. The van der Waals surface area contributed by atoms with Crippen LogP contribution in [-0.2, 0) is 17.5 Å². The summed E-state index contributed by atoms with van der Waals surface area (Å²) in [6.45, 7) is 1.89. The zero-order valence-electron chi connectivity index (χ0n) is 17.9. The molecule has 0 spiro atoms. The first-order valence-corrected chi connectivity index (χ1v) is 10.7. The SMILES string of the molecule is COc1ccc(-c2c(C(F)(F)F)oc3c4c(ccc3c2=O)OCN(CC2CCCO2)C4)cc1. The average Bonchev–Trinajstić information content (AvgIpc) is 3.31. The van der Waals surface area contributed by atoms with Gasteiger partial charge >= 0.3 is 6.18 Å². The Bertz CT molecular complexity index is 1230. The van der Waals surface area contributed by atoms with E-state index in [9.17, 15) is 18.0 Å². The second-order valence-electron chi connectivity index (χ2n) is 8.20. The number of nitrogens with zero attached hydrogens (tertiary/aromatic N) is 1. The fraction of sp³-hybridized carbons (Fsp3) is 0.375. The standard InChI is InChI=1S/C24H22F3NO5/c1-30-15-6-4-14(5-7-15)20-21(29)17-8-9-19-18(22(17)33-23(20)24(25,26)27)12-28(13-32-19)11-16-3-2-10-31-16/h4-9,16H,2-3,10-13H2,1H3. The Labute approximate surface area is 187 Å². The van der Waals surface area contributed by atoms with Gasteiger partial charge in [-0.25, -0.2) is 0 Å². The van der Waals surface area contributed by atoms with Gasteiger partial charge in [0.15, 0.2) is 0 Å². The molecule has 0 radical (unpaired) electrons. The molecular weight excluding hydrogens is 439 g/mol. The average molecular weight is 461 g/mol. The number of halogens is 3. The van der Waals surface area contributed by atoms with E-state index in [0.717, 1.165) is 12.8 Å². The summed E-state index contributed by atoms with van der Waals surface area (Å²) in [6.07, 6.45) is -2.89. The third-order valence-electron chi connectivity index (χ3n) is 6.03. The molecule has 5 rings (SSSR count). The zero-order chi connectivity index (χ0) is 23.2. The molecule has 1 fully saturated rings. The quantitative estimate of drug-likeness (QED) is 0.555. The smallest absolute Gasteiger partial charge is 0.450 e. The number of ether oxygens (including phenoxy) is 3. The molecule has 2 aromatic carbocycles. The highest BCUT2D eigenvalue weighted by molar-refractivity contribution is 5.87. The molecule has 33 heavy (non-hydrogen) atoms. The van der Waals surface area contributed by atoms with Gasteiger partial charge in [-0.1, -0.05) is 12.1 Å². The summed E-state index contributed by atoms with van der Waals surface area (Å²) >= 11 is 0. The summed E-state index contributed by atoms with van der Waals surface area (Å²) in [6, 6.07) is 8.91. The van der Waals surface area contributed by atoms with Crippen LogP contribution in [-0.4, -0.2) is 38.0 Å². The molecule has 1 saturated heterocycles. The lowest BCUT2D eigenvalue weighted by Crippen LogP contribution is -2.37. The molecule has 9 heteroatoms. The highest BCUT2D eigenvalue weighted by atomic mass is 19.4. The molecule has 174 valence electrons. The zero-order valence-corrected chi connectivity index (χ0v) is 17.9. The van der Waals surface area contributed by atoms with E-state index in [1.165, 1.54) is 37.4 Å². The second kappa shape index (κ2) is 8.39. The van der Waals surface area contributed by atoms with Crippen molar-refractivity contribution in [1.82, 2.24) is 4.90 Å². The Kier molecular flexibility index (Phi) is 5.54. The molecule has 3 heterocycles. The minimum Gasteiger partial charge on any atom is -0.497 e. The first-order valence-electron chi connectivity index (χ1n) is 10.7. The Hall–Kier alpha value is -3.04. The minimum absolute atomic E-state index is 0.0598.